The van der Waals surface area contributed by atoms with Gasteiger partial charge in [0.25, 0.3) is 0 Å². The monoisotopic (exact) mass is 234 g/mol. The topological polar surface area (TPSA) is 35.0 Å². The molecule has 0 aliphatic rings. The van der Waals surface area contributed by atoms with Crippen molar-refractivity contribution >= 4 is 22.9 Å². The van der Waals surface area contributed by atoms with Crippen LogP contribution in [0.1, 0.15) is 42.6 Å². The highest BCUT2D eigenvalue weighted by atomic mass is 35.5. The van der Waals surface area contributed by atoms with Crippen molar-refractivity contribution in [2.45, 2.75) is 38.2 Å². The van der Waals surface area contributed by atoms with Crippen molar-refractivity contribution in [2.24, 2.45) is 0 Å². The Kier molecular flexibility index (Phi) is 3.86. The third kappa shape index (κ3) is 2.24. The fourth-order valence-electron chi connectivity index (χ4n) is 0.992. The van der Waals surface area contributed by atoms with Crippen molar-refractivity contribution in [3.63, 3.8) is 0 Å². The second-order valence-electron chi connectivity index (χ2n) is 3.35. The van der Waals surface area contributed by atoms with E-state index >= 15 is 0 Å². The van der Waals surface area contributed by atoms with E-state index in [-0.39, 0.29) is 11.0 Å². The SMILES string of the molecule is CCC(C)(OC)c1nnc(C(C)Cl)s1. The van der Waals surface area contributed by atoms with Crippen molar-refractivity contribution in [1.29, 1.82) is 0 Å². The van der Waals surface area contributed by atoms with Crippen molar-refractivity contribution in [3.8, 4) is 0 Å². The molecule has 0 spiro atoms. The van der Waals surface area contributed by atoms with Crippen molar-refractivity contribution in [3.05, 3.63) is 10.0 Å². The molecule has 0 N–H and O–H groups in total. The molecule has 14 heavy (non-hydrogen) atoms. The summed E-state index contributed by atoms with van der Waals surface area (Å²) in [4.78, 5) is 0. The van der Waals surface area contributed by atoms with Crippen molar-refractivity contribution < 1.29 is 4.74 Å². The lowest BCUT2D eigenvalue weighted by molar-refractivity contribution is -0.00207. The lowest BCUT2D eigenvalue weighted by atomic mass is 10.1. The summed E-state index contributed by atoms with van der Waals surface area (Å²) in [6.07, 6.45) is 0.870. The van der Waals surface area contributed by atoms with Crippen LogP contribution in [-0.4, -0.2) is 17.3 Å². The molecule has 1 rings (SSSR count). The molecule has 1 heterocycles. The zero-order valence-electron chi connectivity index (χ0n) is 8.87. The van der Waals surface area contributed by atoms with Crippen LogP contribution in [0.2, 0.25) is 0 Å². The zero-order valence-corrected chi connectivity index (χ0v) is 10.4. The molecule has 0 fully saturated rings. The molecule has 0 saturated carbocycles. The number of alkyl halides is 1. The van der Waals surface area contributed by atoms with Gasteiger partial charge >= 0.3 is 0 Å². The van der Waals surface area contributed by atoms with E-state index in [1.54, 1.807) is 7.11 Å². The number of halogens is 1. The summed E-state index contributed by atoms with van der Waals surface area (Å²) in [7, 11) is 1.69. The maximum Gasteiger partial charge on any atom is 0.149 e. The van der Waals surface area contributed by atoms with Gasteiger partial charge in [0, 0.05) is 7.11 Å². The van der Waals surface area contributed by atoms with Crippen LogP contribution in [0.15, 0.2) is 0 Å². The maximum atomic E-state index is 5.92. The van der Waals surface area contributed by atoms with Crippen LogP contribution < -0.4 is 0 Å². The highest BCUT2D eigenvalue weighted by Crippen LogP contribution is 2.33. The van der Waals surface area contributed by atoms with Crippen LogP contribution >= 0.6 is 22.9 Å². The first-order valence-corrected chi connectivity index (χ1v) is 5.82. The largest absolute Gasteiger partial charge is 0.371 e. The van der Waals surface area contributed by atoms with E-state index < -0.39 is 0 Å². The molecule has 2 unspecified atom stereocenters. The van der Waals surface area contributed by atoms with Gasteiger partial charge in [-0.1, -0.05) is 18.3 Å². The minimum atomic E-state index is -0.332. The summed E-state index contributed by atoms with van der Waals surface area (Å²) in [6, 6.07) is 0. The molecule has 2 atom stereocenters. The van der Waals surface area contributed by atoms with E-state index in [1.165, 1.54) is 11.3 Å². The molecule has 0 aromatic carbocycles. The Labute approximate surface area is 93.5 Å². The summed E-state index contributed by atoms with van der Waals surface area (Å²) in [5.41, 5.74) is -0.332. The molecule has 0 amide bonds. The standard InChI is InChI=1S/C9H15ClN2OS/c1-5-9(3,13-4)8-12-11-7(14-8)6(2)10/h6H,5H2,1-4H3. The Morgan fingerprint density at radius 2 is 2.21 bits per heavy atom. The Bertz CT molecular complexity index is 297. The predicted octanol–water partition coefficient (Wildman–Crippen LogP) is 3.11. The smallest absolute Gasteiger partial charge is 0.149 e. The Balaban J connectivity index is 2.95. The first-order chi connectivity index (χ1) is 6.53. The van der Waals surface area contributed by atoms with Gasteiger partial charge in [0.2, 0.25) is 0 Å². The molecular weight excluding hydrogens is 220 g/mol. The molecule has 0 aliphatic carbocycles. The highest BCUT2D eigenvalue weighted by Gasteiger charge is 2.29. The van der Waals surface area contributed by atoms with Gasteiger partial charge in [-0.2, -0.15) is 0 Å². The number of hydrogen-bond donors (Lipinski definition) is 0. The number of rotatable bonds is 4. The van der Waals surface area contributed by atoms with Crippen LogP contribution in [0.25, 0.3) is 0 Å². The first kappa shape index (κ1) is 11.9. The molecule has 80 valence electrons. The lowest BCUT2D eigenvalue weighted by Gasteiger charge is -2.22. The molecule has 0 aliphatic heterocycles. The third-order valence-electron chi connectivity index (χ3n) is 2.36. The van der Waals surface area contributed by atoms with E-state index in [0.29, 0.717) is 0 Å². The molecule has 0 saturated heterocycles. The second kappa shape index (κ2) is 4.55. The Morgan fingerprint density at radius 1 is 1.57 bits per heavy atom. The maximum absolute atomic E-state index is 5.92. The Morgan fingerprint density at radius 3 is 2.57 bits per heavy atom. The van der Waals surface area contributed by atoms with Gasteiger partial charge in [-0.05, 0) is 20.3 Å². The van der Waals surface area contributed by atoms with E-state index in [9.17, 15) is 0 Å². The predicted molar refractivity (Wildman–Crippen MR) is 58.8 cm³/mol. The lowest BCUT2D eigenvalue weighted by Crippen LogP contribution is -2.22. The minimum Gasteiger partial charge on any atom is -0.371 e. The minimum absolute atomic E-state index is 0.0841. The summed E-state index contributed by atoms with van der Waals surface area (Å²) >= 11 is 7.44. The fraction of sp³-hybridized carbons (Fsp3) is 0.778. The van der Waals surface area contributed by atoms with Crippen LogP contribution in [0.4, 0.5) is 0 Å². The van der Waals surface area contributed by atoms with Gasteiger partial charge in [0.1, 0.15) is 15.6 Å². The summed E-state index contributed by atoms with van der Waals surface area (Å²) < 4.78 is 5.43. The van der Waals surface area contributed by atoms with Gasteiger partial charge in [0.15, 0.2) is 0 Å². The van der Waals surface area contributed by atoms with E-state index in [0.717, 1.165) is 16.4 Å². The summed E-state index contributed by atoms with van der Waals surface area (Å²) in [5, 5.41) is 9.80. The number of methoxy groups -OCH3 is 1. The number of nitrogens with zero attached hydrogens (tertiary/aromatic N) is 2. The number of aromatic nitrogens is 2. The molecule has 1 aromatic heterocycles. The second-order valence-corrected chi connectivity index (χ2v) is 5.01. The molecule has 0 bridgehead atoms. The first-order valence-electron chi connectivity index (χ1n) is 4.56. The van der Waals surface area contributed by atoms with E-state index in [1.807, 2.05) is 13.8 Å². The van der Waals surface area contributed by atoms with Gasteiger partial charge in [-0.25, -0.2) is 0 Å². The molecular formula is C9H15ClN2OS. The molecule has 1 aromatic rings. The molecule has 5 heteroatoms. The van der Waals surface area contributed by atoms with Gasteiger partial charge in [-0.15, -0.1) is 21.8 Å². The normalized spacial score (nSPS) is 17.8. The van der Waals surface area contributed by atoms with E-state index in [4.69, 9.17) is 16.3 Å². The van der Waals surface area contributed by atoms with Crippen LogP contribution in [0.3, 0.4) is 0 Å². The average molecular weight is 235 g/mol. The van der Waals surface area contributed by atoms with Crippen molar-refractivity contribution in [2.75, 3.05) is 7.11 Å². The van der Waals surface area contributed by atoms with Crippen molar-refractivity contribution in [1.82, 2.24) is 10.2 Å². The molecule has 0 radical (unpaired) electrons. The van der Waals surface area contributed by atoms with Crippen LogP contribution in [0.5, 0.6) is 0 Å². The van der Waals surface area contributed by atoms with E-state index in [2.05, 4.69) is 17.1 Å². The summed E-state index contributed by atoms with van der Waals surface area (Å²) in [6.45, 7) is 5.97. The third-order valence-corrected chi connectivity index (χ3v) is 4.05. The fourth-order valence-corrected chi connectivity index (χ4v) is 2.14. The zero-order chi connectivity index (χ0) is 10.8. The average Bonchev–Trinajstić information content (AvgIpc) is 2.66. The number of ether oxygens (including phenoxy) is 1. The van der Waals surface area contributed by atoms with Gasteiger partial charge in [0.05, 0.1) is 5.38 Å². The van der Waals surface area contributed by atoms with Gasteiger partial charge < -0.3 is 4.74 Å². The van der Waals surface area contributed by atoms with Gasteiger partial charge in [-0.3, -0.25) is 0 Å². The molecule has 3 nitrogen and oxygen atoms in total. The highest BCUT2D eigenvalue weighted by molar-refractivity contribution is 7.11. The Hall–Kier alpha value is -0.190. The van der Waals surface area contributed by atoms with Crippen LogP contribution in [-0.2, 0) is 10.3 Å². The quantitative estimate of drug-likeness (QED) is 0.751. The van der Waals surface area contributed by atoms with Crippen LogP contribution in [0, 0.1) is 0 Å². The summed E-state index contributed by atoms with van der Waals surface area (Å²) in [5.74, 6) is 0. The number of hydrogen-bond acceptors (Lipinski definition) is 4.